The molecule has 0 spiro atoms. The molecule has 9 heteroatoms. The number of nitrogens with one attached hydrogen (secondary N) is 1. The van der Waals surface area contributed by atoms with Gasteiger partial charge >= 0.3 is 11.8 Å². The summed E-state index contributed by atoms with van der Waals surface area (Å²) in [7, 11) is 0. The van der Waals surface area contributed by atoms with E-state index in [1.54, 1.807) is 13.8 Å². The van der Waals surface area contributed by atoms with Crippen LogP contribution in [0.15, 0.2) is 17.8 Å². The Morgan fingerprint density at radius 2 is 2.24 bits per heavy atom. The Morgan fingerprint density at radius 1 is 1.57 bits per heavy atom. The van der Waals surface area contributed by atoms with Gasteiger partial charge in [0.1, 0.15) is 0 Å². The molecule has 0 saturated heterocycles. The quantitative estimate of drug-likeness (QED) is 0.357. The molecule has 0 aromatic carbocycles. The topological polar surface area (TPSA) is 116 Å². The number of ether oxygens (including phenoxy) is 1. The number of nitro groups is 1. The van der Waals surface area contributed by atoms with Gasteiger partial charge in [-0.2, -0.15) is 0 Å². The molecule has 1 aromatic rings. The van der Waals surface area contributed by atoms with Gasteiger partial charge < -0.3 is 20.2 Å². The predicted octanol–water partition coefficient (Wildman–Crippen LogP) is 0.683. The average Bonchev–Trinajstić information content (AvgIpc) is 2.69. The van der Waals surface area contributed by atoms with Gasteiger partial charge in [0.05, 0.1) is 18.4 Å². The van der Waals surface area contributed by atoms with Crippen molar-refractivity contribution in [3.8, 4) is 0 Å². The lowest BCUT2D eigenvalue weighted by Gasteiger charge is -2.04. The minimum atomic E-state index is -0.616. The van der Waals surface area contributed by atoms with E-state index >= 15 is 0 Å². The maximum Gasteiger partial charge on any atom is 0.345 e. The standard InChI is InChI=1S/C12H16N4O5/c1-4-21-12(18)6-8(2)13-10(17)7-15-11(16(19)20)5-9(3)14-15/h5-6H,4,7H2,1-3H3,(H,13,17)/b8-6+. The Labute approximate surface area is 120 Å². The molecule has 114 valence electrons. The van der Waals surface area contributed by atoms with Crippen molar-refractivity contribution in [3.63, 3.8) is 0 Å². The Bertz CT molecular complexity index is 590. The molecular weight excluding hydrogens is 280 g/mol. The van der Waals surface area contributed by atoms with Crippen LogP contribution in [0.2, 0.25) is 0 Å². The van der Waals surface area contributed by atoms with Crippen LogP contribution in [0.1, 0.15) is 19.5 Å². The molecule has 1 aromatic heterocycles. The summed E-state index contributed by atoms with van der Waals surface area (Å²) in [6.45, 7) is 4.68. The number of allylic oxidation sites excluding steroid dienone is 1. The van der Waals surface area contributed by atoms with Crippen molar-refractivity contribution < 1.29 is 19.2 Å². The van der Waals surface area contributed by atoms with Crippen molar-refractivity contribution >= 4 is 17.7 Å². The molecule has 1 rings (SSSR count). The number of esters is 1. The van der Waals surface area contributed by atoms with E-state index in [1.807, 2.05) is 0 Å². The van der Waals surface area contributed by atoms with E-state index in [4.69, 9.17) is 4.74 Å². The van der Waals surface area contributed by atoms with Gasteiger partial charge in [0, 0.05) is 11.8 Å². The zero-order valence-corrected chi connectivity index (χ0v) is 12.0. The van der Waals surface area contributed by atoms with Gasteiger partial charge in [0.25, 0.3) is 5.91 Å². The molecule has 0 saturated carbocycles. The first-order valence-electron chi connectivity index (χ1n) is 6.17. The number of hydrogen-bond donors (Lipinski definition) is 1. The third-order valence-electron chi connectivity index (χ3n) is 2.32. The van der Waals surface area contributed by atoms with Gasteiger partial charge in [-0.1, -0.05) is 5.10 Å². The first-order chi connectivity index (χ1) is 9.83. The highest BCUT2D eigenvalue weighted by molar-refractivity contribution is 5.84. The fourth-order valence-corrected chi connectivity index (χ4v) is 1.59. The molecule has 21 heavy (non-hydrogen) atoms. The van der Waals surface area contributed by atoms with E-state index in [0.29, 0.717) is 5.69 Å². The molecule has 0 aliphatic rings. The highest BCUT2D eigenvalue weighted by Crippen LogP contribution is 2.12. The van der Waals surface area contributed by atoms with Crippen LogP contribution in [-0.2, 0) is 20.9 Å². The molecule has 0 fully saturated rings. The summed E-state index contributed by atoms with van der Waals surface area (Å²) < 4.78 is 5.68. The number of rotatable bonds is 6. The molecular formula is C12H16N4O5. The fourth-order valence-electron chi connectivity index (χ4n) is 1.59. The molecule has 1 heterocycles. The van der Waals surface area contributed by atoms with Crippen molar-refractivity contribution in [1.82, 2.24) is 15.1 Å². The Kier molecular flexibility index (Phi) is 5.58. The van der Waals surface area contributed by atoms with Crippen LogP contribution >= 0.6 is 0 Å². The van der Waals surface area contributed by atoms with Crippen LogP contribution < -0.4 is 5.32 Å². The van der Waals surface area contributed by atoms with E-state index in [2.05, 4.69) is 10.4 Å². The number of aryl methyl sites for hydroxylation is 1. The highest BCUT2D eigenvalue weighted by atomic mass is 16.6. The van der Waals surface area contributed by atoms with Crippen LogP contribution in [-0.4, -0.2) is 33.2 Å². The summed E-state index contributed by atoms with van der Waals surface area (Å²) in [6.07, 6.45) is 1.13. The number of nitrogens with zero attached hydrogens (tertiary/aromatic N) is 3. The molecule has 1 amide bonds. The van der Waals surface area contributed by atoms with Gasteiger partial charge in [0.2, 0.25) is 0 Å². The number of amides is 1. The predicted molar refractivity (Wildman–Crippen MR) is 72.2 cm³/mol. The molecule has 0 bridgehead atoms. The van der Waals surface area contributed by atoms with E-state index < -0.39 is 16.8 Å². The van der Waals surface area contributed by atoms with E-state index in [0.717, 1.165) is 10.8 Å². The van der Waals surface area contributed by atoms with Crippen molar-refractivity contribution in [2.24, 2.45) is 0 Å². The average molecular weight is 296 g/mol. The highest BCUT2D eigenvalue weighted by Gasteiger charge is 2.19. The number of carbonyl (C=O) groups is 2. The monoisotopic (exact) mass is 296 g/mol. The molecule has 0 aliphatic carbocycles. The Balaban J connectivity index is 2.70. The molecule has 1 N–H and O–H groups in total. The van der Waals surface area contributed by atoms with Crippen molar-refractivity contribution in [3.05, 3.63) is 33.6 Å². The summed E-state index contributed by atoms with van der Waals surface area (Å²) in [4.78, 5) is 33.1. The van der Waals surface area contributed by atoms with Crippen LogP contribution in [0.25, 0.3) is 0 Å². The number of aromatic nitrogens is 2. The smallest absolute Gasteiger partial charge is 0.345 e. The summed E-state index contributed by atoms with van der Waals surface area (Å²) >= 11 is 0. The first kappa shape index (κ1) is 16.3. The third kappa shape index (κ3) is 5.05. The summed E-state index contributed by atoms with van der Waals surface area (Å²) in [5.74, 6) is -1.37. The maximum atomic E-state index is 11.8. The first-order valence-corrected chi connectivity index (χ1v) is 6.17. The largest absolute Gasteiger partial charge is 0.463 e. The second-order valence-electron chi connectivity index (χ2n) is 4.19. The SMILES string of the molecule is CCOC(=O)/C=C(\C)NC(=O)Cn1nc(C)cc1[N+](=O)[O-]. The second kappa shape index (κ2) is 7.17. The zero-order chi connectivity index (χ0) is 16.0. The number of hydrogen-bond acceptors (Lipinski definition) is 6. The molecule has 0 aliphatic heterocycles. The summed E-state index contributed by atoms with van der Waals surface area (Å²) in [5, 5.41) is 17.1. The lowest BCUT2D eigenvalue weighted by Crippen LogP contribution is -2.27. The molecule has 9 nitrogen and oxygen atoms in total. The van der Waals surface area contributed by atoms with Gasteiger partial charge in [-0.3, -0.25) is 4.79 Å². The minimum Gasteiger partial charge on any atom is -0.463 e. The third-order valence-corrected chi connectivity index (χ3v) is 2.32. The van der Waals surface area contributed by atoms with Crippen molar-refractivity contribution in [2.75, 3.05) is 6.61 Å². The maximum absolute atomic E-state index is 11.8. The van der Waals surface area contributed by atoms with Crippen LogP contribution in [0, 0.1) is 17.0 Å². The van der Waals surface area contributed by atoms with Crippen LogP contribution in [0.5, 0.6) is 0 Å². The van der Waals surface area contributed by atoms with E-state index in [9.17, 15) is 19.7 Å². The van der Waals surface area contributed by atoms with Gasteiger partial charge in [0.15, 0.2) is 6.54 Å². The van der Waals surface area contributed by atoms with E-state index in [-0.39, 0.29) is 24.7 Å². The van der Waals surface area contributed by atoms with E-state index in [1.165, 1.54) is 13.0 Å². The van der Waals surface area contributed by atoms with Crippen LogP contribution in [0.3, 0.4) is 0 Å². The Morgan fingerprint density at radius 3 is 2.81 bits per heavy atom. The second-order valence-corrected chi connectivity index (χ2v) is 4.19. The Hall–Kier alpha value is -2.71. The van der Waals surface area contributed by atoms with Crippen LogP contribution in [0.4, 0.5) is 5.82 Å². The zero-order valence-electron chi connectivity index (χ0n) is 12.0. The van der Waals surface area contributed by atoms with Crippen molar-refractivity contribution in [2.45, 2.75) is 27.3 Å². The molecule has 0 unspecified atom stereocenters. The number of carbonyl (C=O) groups excluding carboxylic acids is 2. The van der Waals surface area contributed by atoms with Gasteiger partial charge in [-0.05, 0) is 25.7 Å². The summed E-state index contributed by atoms with van der Waals surface area (Å²) in [6, 6.07) is 1.27. The normalized spacial score (nSPS) is 11.1. The summed E-state index contributed by atoms with van der Waals surface area (Å²) in [5.41, 5.74) is 0.721. The van der Waals surface area contributed by atoms with Crippen molar-refractivity contribution in [1.29, 1.82) is 0 Å². The molecule has 0 atom stereocenters. The molecule has 0 radical (unpaired) electrons. The lowest BCUT2D eigenvalue weighted by atomic mass is 10.4. The lowest BCUT2D eigenvalue weighted by molar-refractivity contribution is -0.392. The fraction of sp³-hybridized carbons (Fsp3) is 0.417. The van der Waals surface area contributed by atoms with Gasteiger partial charge in [-0.25, -0.2) is 4.79 Å². The van der Waals surface area contributed by atoms with Gasteiger partial charge in [-0.15, -0.1) is 4.68 Å². The minimum absolute atomic E-state index is 0.231.